The van der Waals surface area contributed by atoms with Crippen molar-refractivity contribution in [3.05, 3.63) is 35.4 Å². The van der Waals surface area contributed by atoms with Crippen LogP contribution in [-0.2, 0) is 11.2 Å². The maximum atomic E-state index is 11.9. The molecule has 0 N–H and O–H groups in total. The summed E-state index contributed by atoms with van der Waals surface area (Å²) in [5, 5.41) is 0. The molecular weight excluding hydrogens is 198 g/mol. The van der Waals surface area contributed by atoms with Gasteiger partial charge in [0.2, 0.25) is 5.91 Å². The topological polar surface area (TPSA) is 20.3 Å². The Balaban J connectivity index is 1.87. The fourth-order valence-electron chi connectivity index (χ4n) is 2.26. The summed E-state index contributed by atoms with van der Waals surface area (Å²) < 4.78 is 0. The van der Waals surface area contributed by atoms with E-state index in [0.717, 1.165) is 19.5 Å². The van der Waals surface area contributed by atoms with E-state index in [9.17, 15) is 4.79 Å². The summed E-state index contributed by atoms with van der Waals surface area (Å²) in [6.07, 6.45) is 3.89. The lowest BCUT2D eigenvalue weighted by Crippen LogP contribution is -2.27. The second kappa shape index (κ2) is 5.15. The molecule has 0 atom stereocenters. The van der Waals surface area contributed by atoms with Gasteiger partial charge in [0.05, 0.1) is 0 Å². The van der Waals surface area contributed by atoms with Crippen LogP contribution in [0.3, 0.4) is 0 Å². The van der Waals surface area contributed by atoms with E-state index in [1.807, 2.05) is 17.0 Å². The number of amides is 1. The minimum Gasteiger partial charge on any atom is -0.343 e. The van der Waals surface area contributed by atoms with Crippen LogP contribution in [0.5, 0.6) is 0 Å². The van der Waals surface area contributed by atoms with E-state index in [4.69, 9.17) is 0 Å². The maximum absolute atomic E-state index is 11.9. The zero-order valence-corrected chi connectivity index (χ0v) is 9.91. The van der Waals surface area contributed by atoms with Crippen molar-refractivity contribution in [2.45, 2.75) is 32.6 Å². The van der Waals surface area contributed by atoms with Gasteiger partial charge in [-0.05, 0) is 37.3 Å². The van der Waals surface area contributed by atoms with Crippen LogP contribution in [0.2, 0.25) is 0 Å². The van der Waals surface area contributed by atoms with E-state index in [0.29, 0.717) is 12.3 Å². The van der Waals surface area contributed by atoms with E-state index in [1.165, 1.54) is 24.0 Å². The number of hydrogen-bond donors (Lipinski definition) is 0. The lowest BCUT2D eigenvalue weighted by atomic mass is 10.0. The normalized spacial score (nSPS) is 15.4. The van der Waals surface area contributed by atoms with Crippen molar-refractivity contribution in [2.24, 2.45) is 0 Å². The number of hydrogen-bond acceptors (Lipinski definition) is 1. The predicted molar refractivity (Wildman–Crippen MR) is 65.3 cm³/mol. The zero-order valence-electron chi connectivity index (χ0n) is 9.91. The summed E-state index contributed by atoms with van der Waals surface area (Å²) in [6.45, 7) is 4.04. The fourth-order valence-corrected chi connectivity index (χ4v) is 2.26. The van der Waals surface area contributed by atoms with E-state index in [1.54, 1.807) is 0 Å². The molecule has 1 aromatic carbocycles. The number of rotatable bonds is 3. The highest BCUT2D eigenvalue weighted by Gasteiger charge is 2.17. The minimum atomic E-state index is 0.320. The van der Waals surface area contributed by atoms with Gasteiger partial charge in [0.25, 0.3) is 0 Å². The monoisotopic (exact) mass is 217 g/mol. The number of carbonyl (C=O) groups excluding carboxylic acids is 1. The first-order valence-corrected chi connectivity index (χ1v) is 6.09. The van der Waals surface area contributed by atoms with Crippen molar-refractivity contribution in [3.8, 4) is 0 Å². The number of benzene rings is 1. The molecule has 1 aromatic rings. The Morgan fingerprint density at radius 3 is 2.62 bits per heavy atom. The van der Waals surface area contributed by atoms with Gasteiger partial charge in [-0.25, -0.2) is 0 Å². The smallest absolute Gasteiger partial charge is 0.222 e. The summed E-state index contributed by atoms with van der Waals surface area (Å²) in [6, 6.07) is 8.31. The van der Waals surface area contributed by atoms with Crippen LogP contribution < -0.4 is 0 Å². The van der Waals surface area contributed by atoms with Gasteiger partial charge in [-0.2, -0.15) is 0 Å². The van der Waals surface area contributed by atoms with Crippen molar-refractivity contribution in [2.75, 3.05) is 13.1 Å². The standard InChI is InChI=1S/C14H19NO/c1-12-6-2-3-7-13(12)8-9-14(16)15-10-4-5-11-15/h2-3,6-7H,4-5,8-11H2,1H3. The molecule has 0 aromatic heterocycles. The number of aryl methyl sites for hydroxylation is 2. The average Bonchev–Trinajstić information content (AvgIpc) is 2.81. The molecule has 2 nitrogen and oxygen atoms in total. The molecule has 0 radical (unpaired) electrons. The Morgan fingerprint density at radius 2 is 1.94 bits per heavy atom. The minimum absolute atomic E-state index is 0.320. The SMILES string of the molecule is Cc1ccccc1CCC(=O)N1CCCC1. The second-order valence-electron chi connectivity index (χ2n) is 4.51. The summed E-state index contributed by atoms with van der Waals surface area (Å²) >= 11 is 0. The van der Waals surface area contributed by atoms with Gasteiger partial charge < -0.3 is 4.90 Å². The molecule has 1 fully saturated rings. The first kappa shape index (κ1) is 11.2. The van der Waals surface area contributed by atoms with Gasteiger partial charge in [0, 0.05) is 19.5 Å². The number of nitrogens with zero attached hydrogens (tertiary/aromatic N) is 1. The predicted octanol–water partition coefficient (Wildman–Crippen LogP) is 2.55. The maximum Gasteiger partial charge on any atom is 0.222 e. The van der Waals surface area contributed by atoms with Gasteiger partial charge in [-0.3, -0.25) is 4.79 Å². The number of carbonyl (C=O) groups is 1. The highest BCUT2D eigenvalue weighted by molar-refractivity contribution is 5.76. The fraction of sp³-hybridized carbons (Fsp3) is 0.500. The average molecular weight is 217 g/mol. The van der Waals surface area contributed by atoms with Crippen molar-refractivity contribution < 1.29 is 4.79 Å². The van der Waals surface area contributed by atoms with Gasteiger partial charge in [-0.1, -0.05) is 24.3 Å². The van der Waals surface area contributed by atoms with Gasteiger partial charge in [-0.15, -0.1) is 0 Å². The van der Waals surface area contributed by atoms with Crippen molar-refractivity contribution >= 4 is 5.91 Å². The molecular formula is C14H19NO. The molecule has 0 aliphatic carbocycles. The summed E-state index contributed by atoms with van der Waals surface area (Å²) in [7, 11) is 0. The molecule has 1 aliphatic rings. The molecule has 1 heterocycles. The lowest BCUT2D eigenvalue weighted by molar-refractivity contribution is -0.130. The molecule has 16 heavy (non-hydrogen) atoms. The molecule has 86 valence electrons. The van der Waals surface area contributed by atoms with Crippen LogP contribution in [0.15, 0.2) is 24.3 Å². The highest BCUT2D eigenvalue weighted by atomic mass is 16.2. The van der Waals surface area contributed by atoms with Crippen LogP contribution in [0.1, 0.15) is 30.4 Å². The third-order valence-corrected chi connectivity index (χ3v) is 3.33. The third kappa shape index (κ3) is 2.63. The highest BCUT2D eigenvalue weighted by Crippen LogP contribution is 2.13. The Kier molecular flexibility index (Phi) is 3.60. The molecule has 0 bridgehead atoms. The number of likely N-dealkylation sites (tertiary alicyclic amines) is 1. The molecule has 0 saturated carbocycles. The lowest BCUT2D eigenvalue weighted by Gasteiger charge is -2.15. The Hall–Kier alpha value is -1.31. The van der Waals surface area contributed by atoms with Crippen LogP contribution in [0.25, 0.3) is 0 Å². The van der Waals surface area contributed by atoms with Crippen LogP contribution in [-0.4, -0.2) is 23.9 Å². The Labute approximate surface area is 97.3 Å². The molecule has 1 amide bonds. The summed E-state index contributed by atoms with van der Waals surface area (Å²) in [5.41, 5.74) is 2.59. The Morgan fingerprint density at radius 1 is 1.25 bits per heavy atom. The molecule has 2 rings (SSSR count). The molecule has 2 heteroatoms. The van der Waals surface area contributed by atoms with E-state index in [2.05, 4.69) is 19.1 Å². The van der Waals surface area contributed by atoms with Crippen LogP contribution in [0.4, 0.5) is 0 Å². The molecule has 0 unspecified atom stereocenters. The van der Waals surface area contributed by atoms with Gasteiger partial charge in [0.1, 0.15) is 0 Å². The van der Waals surface area contributed by atoms with Crippen molar-refractivity contribution in [1.29, 1.82) is 0 Å². The van der Waals surface area contributed by atoms with Gasteiger partial charge in [0.15, 0.2) is 0 Å². The third-order valence-electron chi connectivity index (χ3n) is 3.33. The second-order valence-corrected chi connectivity index (χ2v) is 4.51. The largest absolute Gasteiger partial charge is 0.343 e. The van der Waals surface area contributed by atoms with Crippen LogP contribution in [0, 0.1) is 6.92 Å². The van der Waals surface area contributed by atoms with E-state index >= 15 is 0 Å². The van der Waals surface area contributed by atoms with Crippen molar-refractivity contribution in [3.63, 3.8) is 0 Å². The van der Waals surface area contributed by atoms with Gasteiger partial charge >= 0.3 is 0 Å². The summed E-state index contributed by atoms with van der Waals surface area (Å²) in [5.74, 6) is 0.320. The molecule has 1 saturated heterocycles. The first-order chi connectivity index (χ1) is 7.77. The quantitative estimate of drug-likeness (QED) is 0.762. The summed E-state index contributed by atoms with van der Waals surface area (Å²) in [4.78, 5) is 13.9. The first-order valence-electron chi connectivity index (χ1n) is 6.09. The van der Waals surface area contributed by atoms with E-state index < -0.39 is 0 Å². The Bertz CT molecular complexity index is 367. The molecule has 0 spiro atoms. The zero-order chi connectivity index (χ0) is 11.4. The van der Waals surface area contributed by atoms with Crippen molar-refractivity contribution in [1.82, 2.24) is 4.90 Å². The van der Waals surface area contributed by atoms with Crippen LogP contribution >= 0.6 is 0 Å². The van der Waals surface area contributed by atoms with E-state index in [-0.39, 0.29) is 0 Å². The molecule has 1 aliphatic heterocycles.